The molecule has 0 fully saturated rings. The van der Waals surface area contributed by atoms with Gasteiger partial charge in [0.2, 0.25) is 0 Å². The van der Waals surface area contributed by atoms with E-state index in [0.717, 1.165) is 13.1 Å². The van der Waals surface area contributed by atoms with Gasteiger partial charge in [0.15, 0.2) is 0 Å². The molecular formula is C12H24N4. The molecular weight excluding hydrogens is 200 g/mol. The molecule has 92 valence electrons. The van der Waals surface area contributed by atoms with Gasteiger partial charge in [-0.2, -0.15) is 5.10 Å². The average molecular weight is 224 g/mol. The van der Waals surface area contributed by atoms with Crippen molar-refractivity contribution in [2.75, 3.05) is 20.6 Å². The van der Waals surface area contributed by atoms with Crippen LogP contribution in [-0.4, -0.2) is 41.4 Å². The molecule has 1 atom stereocenters. The van der Waals surface area contributed by atoms with E-state index in [1.807, 2.05) is 10.9 Å². The van der Waals surface area contributed by atoms with E-state index >= 15 is 0 Å². The molecule has 4 nitrogen and oxygen atoms in total. The van der Waals surface area contributed by atoms with Crippen molar-refractivity contribution < 1.29 is 0 Å². The van der Waals surface area contributed by atoms with E-state index in [1.54, 1.807) is 0 Å². The van der Waals surface area contributed by atoms with Gasteiger partial charge >= 0.3 is 0 Å². The Bertz CT molecular complexity index is 304. The van der Waals surface area contributed by atoms with Gasteiger partial charge in [-0.25, -0.2) is 0 Å². The molecule has 1 aromatic rings. The van der Waals surface area contributed by atoms with E-state index in [9.17, 15) is 0 Å². The van der Waals surface area contributed by atoms with Gasteiger partial charge in [0.05, 0.1) is 6.20 Å². The molecule has 0 aromatic carbocycles. The number of nitrogens with zero attached hydrogens (tertiary/aromatic N) is 3. The fourth-order valence-electron chi connectivity index (χ4n) is 1.36. The summed E-state index contributed by atoms with van der Waals surface area (Å²) in [5.74, 6) is 0. The third-order valence-corrected chi connectivity index (χ3v) is 2.83. The second kappa shape index (κ2) is 6.01. The van der Waals surface area contributed by atoms with E-state index < -0.39 is 0 Å². The molecule has 4 heteroatoms. The van der Waals surface area contributed by atoms with Crippen LogP contribution in [0.1, 0.15) is 32.4 Å². The highest BCUT2D eigenvalue weighted by molar-refractivity contribution is 5.03. The van der Waals surface area contributed by atoms with Crippen LogP contribution < -0.4 is 5.32 Å². The standard InChI is InChI=1S/C12H24N4/c1-10(2)16-9-12(8-14-16)7-13-6-11(3)15(4)5/h8-11,13H,6-7H2,1-5H3. The summed E-state index contributed by atoms with van der Waals surface area (Å²) in [6.45, 7) is 8.38. The summed E-state index contributed by atoms with van der Waals surface area (Å²) >= 11 is 0. The second-order valence-corrected chi connectivity index (χ2v) is 4.87. The Labute approximate surface area is 98.6 Å². The first-order valence-corrected chi connectivity index (χ1v) is 5.91. The lowest BCUT2D eigenvalue weighted by Crippen LogP contribution is -2.35. The number of nitrogens with one attached hydrogen (secondary N) is 1. The molecule has 0 aliphatic heterocycles. The van der Waals surface area contributed by atoms with Gasteiger partial charge in [0, 0.05) is 36.9 Å². The highest BCUT2D eigenvalue weighted by Crippen LogP contribution is 2.04. The Balaban J connectivity index is 2.32. The molecule has 1 heterocycles. The van der Waals surface area contributed by atoms with Crippen LogP contribution in [0.3, 0.4) is 0 Å². The molecule has 16 heavy (non-hydrogen) atoms. The minimum atomic E-state index is 0.439. The Morgan fingerprint density at radius 3 is 2.56 bits per heavy atom. The first-order valence-electron chi connectivity index (χ1n) is 5.91. The highest BCUT2D eigenvalue weighted by atomic mass is 15.3. The topological polar surface area (TPSA) is 33.1 Å². The number of aromatic nitrogens is 2. The van der Waals surface area contributed by atoms with Crippen molar-refractivity contribution in [3.8, 4) is 0 Å². The van der Waals surface area contributed by atoms with Gasteiger partial charge in [-0.05, 0) is 34.9 Å². The first kappa shape index (κ1) is 13.2. The monoisotopic (exact) mass is 224 g/mol. The van der Waals surface area contributed by atoms with Crippen LogP contribution in [0.25, 0.3) is 0 Å². The Morgan fingerprint density at radius 1 is 1.38 bits per heavy atom. The van der Waals surface area contributed by atoms with Crippen LogP contribution in [0.5, 0.6) is 0 Å². The van der Waals surface area contributed by atoms with E-state index in [2.05, 4.69) is 56.4 Å². The van der Waals surface area contributed by atoms with E-state index in [-0.39, 0.29) is 0 Å². The molecule has 1 rings (SSSR count). The highest BCUT2D eigenvalue weighted by Gasteiger charge is 2.04. The Hall–Kier alpha value is -0.870. The van der Waals surface area contributed by atoms with Crippen LogP contribution >= 0.6 is 0 Å². The van der Waals surface area contributed by atoms with Crippen molar-refractivity contribution in [1.82, 2.24) is 20.0 Å². The molecule has 1 unspecified atom stereocenters. The maximum absolute atomic E-state index is 4.31. The SMILES string of the molecule is CC(CNCc1cnn(C(C)C)c1)N(C)C. The summed E-state index contributed by atoms with van der Waals surface area (Å²) in [7, 11) is 4.20. The molecule has 0 radical (unpaired) electrons. The number of rotatable bonds is 6. The van der Waals surface area contributed by atoms with Crippen LogP contribution in [0.2, 0.25) is 0 Å². The molecule has 1 N–H and O–H groups in total. The smallest absolute Gasteiger partial charge is 0.0534 e. The van der Waals surface area contributed by atoms with Crippen molar-refractivity contribution in [1.29, 1.82) is 0 Å². The lowest BCUT2D eigenvalue weighted by atomic mass is 10.3. The van der Waals surface area contributed by atoms with Crippen molar-refractivity contribution in [2.24, 2.45) is 0 Å². The maximum Gasteiger partial charge on any atom is 0.0534 e. The van der Waals surface area contributed by atoms with E-state index in [0.29, 0.717) is 12.1 Å². The predicted molar refractivity (Wildman–Crippen MR) is 67.5 cm³/mol. The molecule has 0 spiro atoms. The zero-order chi connectivity index (χ0) is 12.1. The third kappa shape index (κ3) is 3.94. The lowest BCUT2D eigenvalue weighted by Gasteiger charge is -2.19. The zero-order valence-corrected chi connectivity index (χ0v) is 11.1. The number of hydrogen-bond acceptors (Lipinski definition) is 3. The van der Waals surface area contributed by atoms with E-state index in [4.69, 9.17) is 0 Å². The molecule has 0 saturated heterocycles. The molecule has 0 saturated carbocycles. The average Bonchev–Trinajstić information content (AvgIpc) is 2.66. The molecule has 1 aromatic heterocycles. The van der Waals surface area contributed by atoms with Gasteiger partial charge in [0.1, 0.15) is 0 Å². The van der Waals surface area contributed by atoms with Crippen molar-refractivity contribution in [2.45, 2.75) is 39.4 Å². The van der Waals surface area contributed by atoms with Crippen molar-refractivity contribution in [3.63, 3.8) is 0 Å². The normalized spacial score (nSPS) is 13.7. The number of hydrogen-bond donors (Lipinski definition) is 1. The molecule has 0 aliphatic carbocycles. The van der Waals surface area contributed by atoms with Crippen LogP contribution in [-0.2, 0) is 6.54 Å². The maximum atomic E-state index is 4.31. The zero-order valence-electron chi connectivity index (χ0n) is 11.1. The number of likely N-dealkylation sites (N-methyl/N-ethyl adjacent to an activating group) is 1. The molecule has 0 amide bonds. The summed E-state index contributed by atoms with van der Waals surface area (Å²) in [6.07, 6.45) is 4.05. The van der Waals surface area contributed by atoms with Gasteiger partial charge in [-0.1, -0.05) is 0 Å². The summed E-state index contributed by atoms with van der Waals surface area (Å²) < 4.78 is 1.99. The molecule has 0 bridgehead atoms. The fraction of sp³-hybridized carbons (Fsp3) is 0.750. The summed E-state index contributed by atoms with van der Waals surface area (Å²) in [4.78, 5) is 2.21. The Morgan fingerprint density at radius 2 is 2.06 bits per heavy atom. The summed E-state index contributed by atoms with van der Waals surface area (Å²) in [5.41, 5.74) is 1.25. The fourth-order valence-corrected chi connectivity index (χ4v) is 1.36. The first-order chi connectivity index (χ1) is 7.50. The van der Waals surface area contributed by atoms with Crippen LogP contribution in [0, 0.1) is 0 Å². The van der Waals surface area contributed by atoms with Gasteiger partial charge in [-0.3, -0.25) is 4.68 Å². The van der Waals surface area contributed by atoms with E-state index in [1.165, 1.54) is 5.56 Å². The van der Waals surface area contributed by atoms with Gasteiger partial charge < -0.3 is 10.2 Å². The second-order valence-electron chi connectivity index (χ2n) is 4.87. The van der Waals surface area contributed by atoms with Crippen molar-refractivity contribution >= 4 is 0 Å². The lowest BCUT2D eigenvalue weighted by molar-refractivity contribution is 0.302. The van der Waals surface area contributed by atoms with Gasteiger partial charge in [-0.15, -0.1) is 0 Å². The van der Waals surface area contributed by atoms with Crippen molar-refractivity contribution in [3.05, 3.63) is 18.0 Å². The quantitative estimate of drug-likeness (QED) is 0.795. The predicted octanol–water partition coefficient (Wildman–Crippen LogP) is 1.50. The largest absolute Gasteiger partial charge is 0.311 e. The van der Waals surface area contributed by atoms with Gasteiger partial charge in [0.25, 0.3) is 0 Å². The van der Waals surface area contributed by atoms with Crippen LogP contribution in [0.15, 0.2) is 12.4 Å². The Kier molecular flexibility index (Phi) is 4.96. The summed E-state index contributed by atoms with van der Waals surface area (Å²) in [6, 6.07) is 0.995. The molecule has 0 aliphatic rings. The third-order valence-electron chi connectivity index (χ3n) is 2.83. The minimum Gasteiger partial charge on any atom is -0.311 e. The minimum absolute atomic E-state index is 0.439. The summed E-state index contributed by atoms with van der Waals surface area (Å²) in [5, 5.41) is 7.75. The van der Waals surface area contributed by atoms with Crippen LogP contribution in [0.4, 0.5) is 0 Å².